The molecule has 5 rings (SSSR count). The fourth-order valence-corrected chi connectivity index (χ4v) is 4.66. The standard InChI is InChI=1S/C23H26N4O/c28-23(17-7-4-12-24-13-10-17)27-14-11-21-20(15-27)22(26-25-21)19-9-3-6-16-5-1-2-8-18(16)19/h1-3,5-6,8-9,17,24H,4,7,10-15H2,(H,25,26). The first-order valence-electron chi connectivity index (χ1n) is 10.3. The van der Waals surface area contributed by atoms with Crippen LogP contribution in [0.15, 0.2) is 42.5 Å². The van der Waals surface area contributed by atoms with Gasteiger partial charge in [-0.15, -0.1) is 0 Å². The van der Waals surface area contributed by atoms with E-state index in [1.54, 1.807) is 0 Å². The van der Waals surface area contributed by atoms with E-state index in [0.29, 0.717) is 12.5 Å². The van der Waals surface area contributed by atoms with Gasteiger partial charge in [-0.25, -0.2) is 0 Å². The van der Waals surface area contributed by atoms with E-state index in [0.717, 1.165) is 56.6 Å². The molecule has 0 radical (unpaired) electrons. The zero-order chi connectivity index (χ0) is 18.9. The van der Waals surface area contributed by atoms with Crippen LogP contribution in [0.3, 0.4) is 0 Å². The Morgan fingerprint density at radius 2 is 1.96 bits per heavy atom. The van der Waals surface area contributed by atoms with Crippen LogP contribution in [0.5, 0.6) is 0 Å². The summed E-state index contributed by atoms with van der Waals surface area (Å²) in [6, 6.07) is 14.8. The largest absolute Gasteiger partial charge is 0.338 e. The molecular weight excluding hydrogens is 348 g/mol. The molecule has 5 heteroatoms. The van der Waals surface area contributed by atoms with Crippen molar-refractivity contribution in [1.82, 2.24) is 20.4 Å². The van der Waals surface area contributed by atoms with Crippen molar-refractivity contribution in [2.45, 2.75) is 32.2 Å². The number of benzene rings is 2. The number of nitrogens with zero attached hydrogens (tertiary/aromatic N) is 2. The van der Waals surface area contributed by atoms with Crippen LogP contribution in [0.25, 0.3) is 22.0 Å². The van der Waals surface area contributed by atoms with Crippen molar-refractivity contribution in [3.8, 4) is 11.3 Å². The van der Waals surface area contributed by atoms with Gasteiger partial charge < -0.3 is 10.2 Å². The highest BCUT2D eigenvalue weighted by atomic mass is 16.2. The van der Waals surface area contributed by atoms with Crippen molar-refractivity contribution >= 4 is 16.7 Å². The number of H-pyrrole nitrogens is 1. The molecule has 1 unspecified atom stereocenters. The van der Waals surface area contributed by atoms with Crippen molar-refractivity contribution in [3.63, 3.8) is 0 Å². The molecule has 0 saturated carbocycles. The smallest absolute Gasteiger partial charge is 0.226 e. The molecule has 1 amide bonds. The SMILES string of the molecule is O=C(C1CCCNCC1)N1CCc2[nH]nc(-c3cccc4ccccc34)c2C1. The van der Waals surface area contributed by atoms with E-state index in [4.69, 9.17) is 0 Å². The number of carbonyl (C=O) groups is 1. The molecule has 2 aliphatic heterocycles. The van der Waals surface area contributed by atoms with Gasteiger partial charge in [-0.2, -0.15) is 5.10 Å². The van der Waals surface area contributed by atoms with E-state index in [1.807, 2.05) is 0 Å². The van der Waals surface area contributed by atoms with Crippen LogP contribution in [0.2, 0.25) is 0 Å². The van der Waals surface area contributed by atoms with E-state index in [9.17, 15) is 4.79 Å². The highest BCUT2D eigenvalue weighted by molar-refractivity contribution is 5.96. The van der Waals surface area contributed by atoms with Gasteiger partial charge in [-0.3, -0.25) is 9.89 Å². The summed E-state index contributed by atoms with van der Waals surface area (Å²) in [5.41, 5.74) is 4.49. The highest BCUT2D eigenvalue weighted by Crippen LogP contribution is 2.33. The summed E-state index contributed by atoms with van der Waals surface area (Å²) in [5.74, 6) is 0.476. The molecule has 144 valence electrons. The second kappa shape index (κ2) is 7.40. The Morgan fingerprint density at radius 3 is 2.93 bits per heavy atom. The first-order valence-corrected chi connectivity index (χ1v) is 10.3. The van der Waals surface area contributed by atoms with Crippen molar-refractivity contribution in [3.05, 3.63) is 53.7 Å². The number of fused-ring (bicyclic) bond motifs is 2. The van der Waals surface area contributed by atoms with E-state index in [2.05, 4.69) is 62.9 Å². The topological polar surface area (TPSA) is 61.0 Å². The van der Waals surface area contributed by atoms with Crippen molar-refractivity contribution < 1.29 is 4.79 Å². The zero-order valence-electron chi connectivity index (χ0n) is 16.1. The van der Waals surface area contributed by atoms with Crippen LogP contribution in [-0.2, 0) is 17.8 Å². The molecule has 2 aliphatic rings. The minimum absolute atomic E-state index is 0.157. The lowest BCUT2D eigenvalue weighted by molar-refractivity contribution is -0.136. The molecule has 1 aromatic heterocycles. The molecule has 3 aromatic rings. The van der Waals surface area contributed by atoms with E-state index >= 15 is 0 Å². The van der Waals surface area contributed by atoms with Gasteiger partial charge in [0.1, 0.15) is 0 Å². The first-order chi connectivity index (χ1) is 13.8. The Labute approximate surface area is 165 Å². The number of nitrogens with one attached hydrogen (secondary N) is 2. The molecule has 1 fully saturated rings. The lowest BCUT2D eigenvalue weighted by Crippen LogP contribution is -2.40. The predicted molar refractivity (Wildman–Crippen MR) is 111 cm³/mol. The lowest BCUT2D eigenvalue weighted by Gasteiger charge is -2.30. The van der Waals surface area contributed by atoms with E-state index in [1.165, 1.54) is 22.0 Å². The molecule has 1 saturated heterocycles. The van der Waals surface area contributed by atoms with Crippen LogP contribution < -0.4 is 5.32 Å². The normalized spacial score (nSPS) is 20.0. The van der Waals surface area contributed by atoms with Crippen molar-refractivity contribution in [1.29, 1.82) is 0 Å². The Hall–Kier alpha value is -2.66. The van der Waals surface area contributed by atoms with Gasteiger partial charge in [0.15, 0.2) is 0 Å². The van der Waals surface area contributed by atoms with Gasteiger partial charge in [0.05, 0.1) is 5.69 Å². The fraction of sp³-hybridized carbons (Fsp3) is 0.391. The van der Waals surface area contributed by atoms with E-state index < -0.39 is 0 Å². The zero-order valence-corrected chi connectivity index (χ0v) is 16.1. The van der Waals surface area contributed by atoms with Gasteiger partial charge in [-0.05, 0) is 43.1 Å². The Balaban J connectivity index is 1.46. The first kappa shape index (κ1) is 17.4. The molecule has 0 aliphatic carbocycles. The second-order valence-electron chi connectivity index (χ2n) is 7.94. The third kappa shape index (κ3) is 3.10. The number of hydrogen-bond donors (Lipinski definition) is 2. The maximum absolute atomic E-state index is 13.2. The van der Waals surface area contributed by atoms with Crippen molar-refractivity contribution in [2.75, 3.05) is 19.6 Å². The quantitative estimate of drug-likeness (QED) is 0.722. The van der Waals surface area contributed by atoms with Gasteiger partial charge in [0.25, 0.3) is 0 Å². The summed E-state index contributed by atoms with van der Waals surface area (Å²) < 4.78 is 0. The van der Waals surface area contributed by atoms with Gasteiger partial charge in [0, 0.05) is 42.2 Å². The third-order valence-electron chi connectivity index (χ3n) is 6.21. The fourth-order valence-electron chi connectivity index (χ4n) is 4.66. The molecular formula is C23H26N4O. The minimum atomic E-state index is 0.157. The average Bonchev–Trinajstić information content (AvgIpc) is 2.97. The second-order valence-corrected chi connectivity index (χ2v) is 7.94. The summed E-state index contributed by atoms with van der Waals surface area (Å²) >= 11 is 0. The van der Waals surface area contributed by atoms with Gasteiger partial charge in [-0.1, -0.05) is 42.5 Å². The van der Waals surface area contributed by atoms with Crippen LogP contribution in [0, 0.1) is 5.92 Å². The average molecular weight is 374 g/mol. The molecule has 5 nitrogen and oxygen atoms in total. The minimum Gasteiger partial charge on any atom is -0.338 e. The summed E-state index contributed by atoms with van der Waals surface area (Å²) in [4.78, 5) is 15.2. The molecule has 1 atom stereocenters. The highest BCUT2D eigenvalue weighted by Gasteiger charge is 2.30. The molecule has 0 bridgehead atoms. The molecule has 2 aromatic carbocycles. The monoisotopic (exact) mass is 374 g/mol. The Bertz CT molecular complexity index is 996. The maximum Gasteiger partial charge on any atom is 0.226 e. The summed E-state index contributed by atoms with van der Waals surface area (Å²) in [6.45, 7) is 3.42. The summed E-state index contributed by atoms with van der Waals surface area (Å²) in [5, 5.41) is 13.7. The summed E-state index contributed by atoms with van der Waals surface area (Å²) in [6.07, 6.45) is 3.88. The lowest BCUT2D eigenvalue weighted by atomic mass is 9.94. The predicted octanol–water partition coefficient (Wildman–Crippen LogP) is 3.50. The van der Waals surface area contributed by atoms with Crippen LogP contribution in [0.4, 0.5) is 0 Å². The Morgan fingerprint density at radius 1 is 1.07 bits per heavy atom. The van der Waals surface area contributed by atoms with E-state index in [-0.39, 0.29) is 5.92 Å². The molecule has 0 spiro atoms. The number of aromatic nitrogens is 2. The number of hydrogen-bond acceptors (Lipinski definition) is 3. The number of amides is 1. The molecule has 2 N–H and O–H groups in total. The number of rotatable bonds is 2. The third-order valence-corrected chi connectivity index (χ3v) is 6.21. The Kier molecular flexibility index (Phi) is 4.61. The van der Waals surface area contributed by atoms with Crippen LogP contribution in [0.1, 0.15) is 30.5 Å². The van der Waals surface area contributed by atoms with Gasteiger partial charge in [0.2, 0.25) is 5.91 Å². The molecule has 3 heterocycles. The van der Waals surface area contributed by atoms with Crippen LogP contribution in [-0.4, -0.2) is 40.6 Å². The molecule has 28 heavy (non-hydrogen) atoms. The van der Waals surface area contributed by atoms with Crippen molar-refractivity contribution in [2.24, 2.45) is 5.92 Å². The van der Waals surface area contributed by atoms with Gasteiger partial charge >= 0.3 is 0 Å². The van der Waals surface area contributed by atoms with Crippen LogP contribution >= 0.6 is 0 Å². The number of carbonyl (C=O) groups excluding carboxylic acids is 1. The maximum atomic E-state index is 13.2. The number of aromatic amines is 1. The summed E-state index contributed by atoms with van der Waals surface area (Å²) in [7, 11) is 0.